The maximum Gasteiger partial charge on any atom is 0.482 e. The van der Waals surface area contributed by atoms with Crippen LogP contribution >= 0.6 is 0 Å². The molecule has 0 bridgehead atoms. The van der Waals surface area contributed by atoms with Crippen molar-refractivity contribution in [3.05, 3.63) is 12.2 Å². The second-order valence-corrected chi connectivity index (χ2v) is 15.0. The van der Waals surface area contributed by atoms with Crippen LogP contribution in [0.3, 0.4) is 0 Å². The molecule has 6 aliphatic rings. The van der Waals surface area contributed by atoms with E-state index in [9.17, 15) is 19.5 Å². The number of allylic oxidation sites excluding steroid dienone is 2. The van der Waals surface area contributed by atoms with Crippen LogP contribution in [0, 0.1) is 0 Å². The molecule has 5 heterocycles. The summed E-state index contributed by atoms with van der Waals surface area (Å²) < 4.78 is 31.6. The van der Waals surface area contributed by atoms with E-state index in [2.05, 4.69) is 31.4 Å². The van der Waals surface area contributed by atoms with Gasteiger partial charge in [-0.05, 0) is 39.0 Å². The summed E-state index contributed by atoms with van der Waals surface area (Å²) in [5.41, 5.74) is 0. The van der Waals surface area contributed by atoms with E-state index >= 15 is 0 Å². The molecule has 0 saturated carbocycles. The van der Waals surface area contributed by atoms with Crippen molar-refractivity contribution in [1.29, 1.82) is 0 Å². The number of rotatable bonds is 17. The summed E-state index contributed by atoms with van der Waals surface area (Å²) in [4.78, 5) is 37.8. The van der Waals surface area contributed by atoms with Gasteiger partial charge in [0.15, 0.2) is 25.2 Å². The second kappa shape index (κ2) is 14.6. The van der Waals surface area contributed by atoms with E-state index < -0.39 is 18.4 Å². The summed E-state index contributed by atoms with van der Waals surface area (Å²) >= 11 is 0. The predicted molar refractivity (Wildman–Crippen MR) is 173 cm³/mol. The maximum atomic E-state index is 13.6. The van der Waals surface area contributed by atoms with Gasteiger partial charge in [-0.25, -0.2) is 9.59 Å². The first-order valence-corrected chi connectivity index (χ1v) is 18.3. The van der Waals surface area contributed by atoms with Crippen LogP contribution in [0.1, 0.15) is 45.4 Å². The number of nitrogens with zero attached hydrogens (tertiary/aromatic N) is 4. The third-order valence-electron chi connectivity index (χ3n) is 12.6. The molecule has 1 amide bonds. The molecule has 14 nitrogen and oxygen atoms in total. The lowest BCUT2D eigenvalue weighted by molar-refractivity contribution is -1.36. The summed E-state index contributed by atoms with van der Waals surface area (Å²) in [5, 5.41) is 12.7. The van der Waals surface area contributed by atoms with E-state index in [1.54, 1.807) is 0 Å². The van der Waals surface area contributed by atoms with Crippen molar-refractivity contribution < 1.29 is 61.1 Å². The molecule has 270 valence electrons. The first-order chi connectivity index (χ1) is 23.1. The number of hydrogen-bond donors (Lipinski definition) is 2. The standard InChI is InChI=1S/C34H57N5O9/c1-3-37-15-13-36(2)14-16-38(19-20-39(18-17-37,26-31(41)42)34(36,37)38)25-28(40)9-8-21-44-23-24-45-22-12-35-33(43)46-27-32-47-29-10-6-4-5-7-11-30(29)48-32/h4-5,29-30,32H,3,6-27H2,1-2H3/q+2/p+2/b5-4+/t29-,30?,32?,34?,36?,37?,38?,39?/m0/s1. The highest BCUT2D eigenvalue weighted by Crippen LogP contribution is 2.61. The third-order valence-corrected chi connectivity index (χ3v) is 12.6. The molecule has 2 N–H and O–H groups in total. The highest BCUT2D eigenvalue weighted by molar-refractivity contribution is 5.79. The number of aliphatic carboxylic acids is 1. The Bertz CT molecular complexity index is 1210. The minimum atomic E-state index is -0.724. The quantitative estimate of drug-likeness (QED) is 0.131. The Morgan fingerprint density at radius 2 is 1.42 bits per heavy atom. The summed E-state index contributed by atoms with van der Waals surface area (Å²) in [7, 11) is 2.34. The van der Waals surface area contributed by atoms with E-state index in [1.807, 2.05) is 0 Å². The molecular formula is C34H59N5O9+4. The fourth-order valence-electron chi connectivity index (χ4n) is 10.9. The first-order valence-electron chi connectivity index (χ1n) is 18.3. The Hall–Kier alpha value is -2.17. The zero-order chi connectivity index (χ0) is 33.9. The highest BCUT2D eigenvalue weighted by atomic mass is 16.7. The molecule has 1 spiro atoms. The number of ether oxygens (including phenoxy) is 5. The van der Waals surface area contributed by atoms with Crippen molar-refractivity contribution in [3.8, 4) is 0 Å². The second-order valence-electron chi connectivity index (χ2n) is 15.0. The van der Waals surface area contributed by atoms with Gasteiger partial charge in [0.05, 0.1) is 45.6 Å². The fraction of sp³-hybridized carbons (Fsp3) is 0.853. The monoisotopic (exact) mass is 681 g/mol. The molecule has 1 aliphatic carbocycles. The van der Waals surface area contributed by atoms with Crippen molar-refractivity contribution in [2.45, 2.75) is 69.9 Å². The molecule has 5 aliphatic heterocycles. The molecule has 0 aromatic heterocycles. The molecule has 14 heteroatoms. The van der Waals surface area contributed by atoms with E-state index in [-0.39, 0.29) is 37.1 Å². The van der Waals surface area contributed by atoms with E-state index in [0.29, 0.717) is 56.8 Å². The van der Waals surface area contributed by atoms with Gasteiger partial charge in [-0.15, -0.1) is 4.48 Å². The minimum absolute atomic E-state index is 0.0583. The molecule has 5 fully saturated rings. The maximum absolute atomic E-state index is 13.6. The molecule has 0 aromatic rings. The van der Waals surface area contributed by atoms with Gasteiger partial charge in [0.2, 0.25) is 0 Å². The molecule has 0 aromatic carbocycles. The van der Waals surface area contributed by atoms with Crippen LogP contribution < -0.4 is 5.32 Å². The lowest BCUT2D eigenvalue weighted by Gasteiger charge is -2.49. The van der Waals surface area contributed by atoms with Crippen molar-refractivity contribution in [1.82, 2.24) is 5.32 Å². The topological polar surface area (TPSA) is 130 Å². The van der Waals surface area contributed by atoms with Gasteiger partial charge >= 0.3 is 18.0 Å². The number of alkyl carbamates (subject to hydrolysis) is 1. The van der Waals surface area contributed by atoms with Crippen LogP contribution in [0.25, 0.3) is 0 Å². The van der Waals surface area contributed by atoms with Gasteiger partial charge in [-0.2, -0.15) is 13.4 Å². The van der Waals surface area contributed by atoms with Crippen LogP contribution in [-0.2, 0) is 33.3 Å². The number of amides is 1. The predicted octanol–water partition coefficient (Wildman–Crippen LogP) is 1.00. The minimum Gasteiger partial charge on any atom is -0.477 e. The van der Waals surface area contributed by atoms with Gasteiger partial charge in [0, 0.05) is 19.6 Å². The molecule has 5 saturated heterocycles. The number of hydrogen-bond acceptors (Lipinski definition) is 8. The Kier molecular flexibility index (Phi) is 10.8. The highest BCUT2D eigenvalue weighted by Gasteiger charge is 2.97. The number of nitrogens with one attached hydrogen (secondary N) is 1. The summed E-state index contributed by atoms with van der Waals surface area (Å²) in [6.07, 6.45) is 8.33. The van der Waals surface area contributed by atoms with Gasteiger partial charge < -0.3 is 34.1 Å². The molecule has 7 unspecified atom stereocenters. The first kappa shape index (κ1) is 35.6. The number of fused-ring (bicyclic) bond motifs is 1. The SMILES string of the molecule is CC[N+]12CC[N+]3(C)CC[N+]4(CC(=O)CCCOCCOCCNC(=O)OCC5OC6CC/C=C/CC[C@@H]6O5)CC[N+](CC(=O)O)(CC1)C324. The van der Waals surface area contributed by atoms with Crippen molar-refractivity contribution in [2.24, 2.45) is 0 Å². The fourth-order valence-corrected chi connectivity index (χ4v) is 10.9. The Morgan fingerprint density at radius 1 is 0.833 bits per heavy atom. The molecule has 0 radical (unpaired) electrons. The van der Waals surface area contributed by atoms with E-state index in [4.69, 9.17) is 23.7 Å². The lowest BCUT2D eigenvalue weighted by Crippen LogP contribution is -2.84. The number of Topliss-reactive ketones (excluding diaryl/α,β-unsaturated/α-hetero) is 1. The van der Waals surface area contributed by atoms with Gasteiger partial charge in [-0.1, -0.05) is 12.2 Å². The molecular weight excluding hydrogens is 622 g/mol. The van der Waals surface area contributed by atoms with Gasteiger partial charge in [0.25, 0.3) is 0 Å². The normalized spacial score (nSPS) is 40.1. The average molecular weight is 682 g/mol. The van der Waals surface area contributed by atoms with Crippen molar-refractivity contribution >= 4 is 17.8 Å². The lowest BCUT2D eigenvalue weighted by atomic mass is 10.0. The molecule has 6 rings (SSSR count). The number of carboxylic acids is 1. The zero-order valence-corrected chi connectivity index (χ0v) is 29.2. The van der Waals surface area contributed by atoms with Gasteiger partial charge in [-0.3, -0.25) is 4.79 Å². The average Bonchev–Trinajstić information content (AvgIpc) is 3.78. The van der Waals surface area contributed by atoms with Crippen LogP contribution in [0.4, 0.5) is 4.79 Å². The molecule has 48 heavy (non-hydrogen) atoms. The van der Waals surface area contributed by atoms with Crippen LogP contribution in [-0.4, -0.2) is 184 Å². The number of carbonyl (C=O) groups excluding carboxylic acids is 2. The number of ketones is 1. The number of carbonyl (C=O) groups is 3. The summed E-state index contributed by atoms with van der Waals surface area (Å²) in [6.45, 7) is 13.6. The van der Waals surface area contributed by atoms with Crippen LogP contribution in [0.2, 0.25) is 0 Å². The van der Waals surface area contributed by atoms with E-state index in [1.165, 1.54) is 0 Å². The van der Waals surface area contributed by atoms with Crippen molar-refractivity contribution in [2.75, 3.05) is 119 Å². The number of carboxylic acid groups (broad SMARTS) is 1. The van der Waals surface area contributed by atoms with Crippen LogP contribution in [0.15, 0.2) is 12.2 Å². The summed E-state index contributed by atoms with van der Waals surface area (Å²) in [5.74, 6) is -0.748. The zero-order valence-electron chi connectivity index (χ0n) is 29.2. The number of quaternary nitrogens is 4. The smallest absolute Gasteiger partial charge is 0.477 e. The van der Waals surface area contributed by atoms with Crippen molar-refractivity contribution in [3.63, 3.8) is 0 Å². The van der Waals surface area contributed by atoms with Gasteiger partial charge in [0.1, 0.15) is 59.0 Å². The molecule has 8 atom stereocenters. The Labute approximate surface area is 284 Å². The number of likely N-dealkylation sites (N-methyl/N-ethyl adjacent to an activating group) is 2. The Morgan fingerprint density at radius 3 is 2.06 bits per heavy atom. The Balaban J connectivity index is 0.851. The van der Waals surface area contributed by atoms with E-state index in [0.717, 1.165) is 98.0 Å². The third kappa shape index (κ3) is 6.21. The summed E-state index contributed by atoms with van der Waals surface area (Å²) in [6, 6.07) is 0. The van der Waals surface area contributed by atoms with Crippen LogP contribution in [0.5, 0.6) is 0 Å². The largest absolute Gasteiger partial charge is 0.482 e.